The molecule has 0 spiro atoms. The molecular weight excluding hydrogens is 485 g/mol. The number of phenolic OH excluding ortho intramolecular Hbond substituents is 1. The molecule has 1 amide bonds. The third-order valence-electron chi connectivity index (χ3n) is 7.67. The van der Waals surface area contributed by atoms with Crippen LogP contribution in [0, 0.1) is 17.7 Å². The Bertz CT molecular complexity index is 1460. The van der Waals surface area contributed by atoms with Gasteiger partial charge in [-0.15, -0.1) is 0 Å². The number of primary amides is 1. The van der Waals surface area contributed by atoms with Crippen molar-refractivity contribution in [3.8, 4) is 16.9 Å². The number of hydrogen-bond acceptors (Lipinski definition) is 9. The highest BCUT2D eigenvalue weighted by atomic mass is 19.1. The van der Waals surface area contributed by atoms with Crippen LogP contribution in [0.4, 0.5) is 4.39 Å². The van der Waals surface area contributed by atoms with Gasteiger partial charge in [0, 0.05) is 23.3 Å². The lowest BCUT2D eigenvalue weighted by Gasteiger charge is -2.50. The number of pyridine rings is 1. The van der Waals surface area contributed by atoms with Crippen LogP contribution in [0.25, 0.3) is 11.1 Å². The molecule has 3 aliphatic carbocycles. The van der Waals surface area contributed by atoms with Gasteiger partial charge in [0.25, 0.3) is 5.91 Å². The largest absolute Gasteiger partial charge is 0.510 e. The number of likely N-dealkylation sites (N-methyl/N-ethyl adjacent to an activating group) is 1. The van der Waals surface area contributed by atoms with Crippen LogP contribution in [-0.2, 0) is 16.0 Å². The number of ketones is 2. The first-order chi connectivity index (χ1) is 17.4. The molecule has 6 N–H and O–H groups in total. The van der Waals surface area contributed by atoms with Crippen LogP contribution < -0.4 is 5.73 Å². The van der Waals surface area contributed by atoms with Crippen molar-refractivity contribution in [3.05, 3.63) is 70.2 Å². The number of allylic oxidation sites excluding steroid dienone is 1. The minimum absolute atomic E-state index is 0.0556. The number of amides is 1. The van der Waals surface area contributed by atoms with E-state index < -0.39 is 69.6 Å². The minimum atomic E-state index is -2.71. The van der Waals surface area contributed by atoms with E-state index in [0.717, 1.165) is 6.20 Å². The molecule has 11 heteroatoms. The quantitative estimate of drug-likeness (QED) is 0.382. The van der Waals surface area contributed by atoms with Gasteiger partial charge >= 0.3 is 0 Å². The summed E-state index contributed by atoms with van der Waals surface area (Å²) in [4.78, 5) is 44.3. The molecule has 0 saturated heterocycles. The first kappa shape index (κ1) is 24.6. The second kappa shape index (κ2) is 8.22. The van der Waals surface area contributed by atoms with E-state index in [9.17, 15) is 39.2 Å². The second-order valence-electron chi connectivity index (χ2n) is 9.80. The van der Waals surface area contributed by atoms with Gasteiger partial charge in [-0.3, -0.25) is 24.3 Å². The van der Waals surface area contributed by atoms with Crippen molar-refractivity contribution in [1.29, 1.82) is 0 Å². The molecule has 0 saturated carbocycles. The van der Waals surface area contributed by atoms with E-state index in [1.54, 1.807) is 14.1 Å². The fraction of sp³-hybridized carbons (Fsp3) is 0.308. The lowest BCUT2D eigenvalue weighted by Crippen LogP contribution is -2.63. The summed E-state index contributed by atoms with van der Waals surface area (Å²) in [6, 6.07) is 3.05. The molecule has 0 unspecified atom stereocenters. The van der Waals surface area contributed by atoms with Crippen LogP contribution in [-0.4, -0.2) is 73.5 Å². The van der Waals surface area contributed by atoms with Crippen LogP contribution in [0.1, 0.15) is 22.3 Å². The zero-order valence-corrected chi connectivity index (χ0v) is 19.9. The molecule has 1 heterocycles. The van der Waals surface area contributed by atoms with Crippen molar-refractivity contribution >= 4 is 17.5 Å². The third kappa shape index (κ3) is 3.24. The summed E-state index contributed by atoms with van der Waals surface area (Å²) in [6.45, 7) is 0. The van der Waals surface area contributed by atoms with Gasteiger partial charge in [0.1, 0.15) is 28.7 Å². The average Bonchev–Trinajstić information content (AvgIpc) is 2.82. The summed E-state index contributed by atoms with van der Waals surface area (Å²) >= 11 is 0. The van der Waals surface area contributed by atoms with Gasteiger partial charge in [-0.1, -0.05) is 6.07 Å². The van der Waals surface area contributed by atoms with Crippen molar-refractivity contribution in [1.82, 2.24) is 9.88 Å². The number of Topliss-reactive ketones (excluding diaryl/α,β-unsaturated/α-hetero) is 2. The molecule has 10 nitrogen and oxygen atoms in total. The summed E-state index contributed by atoms with van der Waals surface area (Å²) in [6.07, 6.45) is 2.42. The molecular formula is C26H24FN3O7. The van der Waals surface area contributed by atoms with Gasteiger partial charge in [-0.2, -0.15) is 0 Å². The molecule has 0 fully saturated rings. The van der Waals surface area contributed by atoms with E-state index in [1.165, 1.54) is 29.3 Å². The van der Waals surface area contributed by atoms with Gasteiger partial charge in [-0.25, -0.2) is 4.39 Å². The Morgan fingerprint density at radius 3 is 2.49 bits per heavy atom. The lowest BCUT2D eigenvalue weighted by atomic mass is 9.58. The highest BCUT2D eigenvalue weighted by Gasteiger charge is 2.63. The Kier molecular flexibility index (Phi) is 5.46. The van der Waals surface area contributed by atoms with E-state index >= 15 is 0 Å². The number of hydrogen-bond donors (Lipinski definition) is 5. The number of carbonyl (C=O) groups excluding carboxylic acids is 3. The van der Waals surface area contributed by atoms with Gasteiger partial charge in [-0.05, 0) is 56.1 Å². The summed E-state index contributed by atoms with van der Waals surface area (Å²) in [5, 5.41) is 44.3. The molecule has 37 heavy (non-hydrogen) atoms. The van der Waals surface area contributed by atoms with Crippen LogP contribution >= 0.6 is 0 Å². The van der Waals surface area contributed by atoms with E-state index in [0.29, 0.717) is 11.1 Å². The summed E-state index contributed by atoms with van der Waals surface area (Å²) in [7, 11) is 3.10. The average molecular weight is 509 g/mol. The number of benzene rings is 1. The Balaban J connectivity index is 1.74. The highest BCUT2D eigenvalue weighted by Crippen LogP contribution is 2.53. The molecule has 1 aromatic heterocycles. The Morgan fingerprint density at radius 2 is 1.86 bits per heavy atom. The maximum Gasteiger partial charge on any atom is 0.255 e. The molecule has 4 atom stereocenters. The van der Waals surface area contributed by atoms with Crippen molar-refractivity contribution in [3.63, 3.8) is 0 Å². The molecule has 5 rings (SSSR count). The third-order valence-corrected chi connectivity index (χ3v) is 7.67. The summed E-state index contributed by atoms with van der Waals surface area (Å²) < 4.78 is 14.6. The molecule has 0 radical (unpaired) electrons. The Labute approximate surface area is 210 Å². The smallest absolute Gasteiger partial charge is 0.255 e. The van der Waals surface area contributed by atoms with Crippen molar-refractivity contribution in [2.75, 3.05) is 14.1 Å². The zero-order valence-electron chi connectivity index (χ0n) is 19.9. The zero-order chi connectivity index (χ0) is 27.0. The van der Waals surface area contributed by atoms with Crippen LogP contribution in [0.3, 0.4) is 0 Å². The van der Waals surface area contributed by atoms with Crippen LogP contribution in [0.2, 0.25) is 0 Å². The van der Waals surface area contributed by atoms with Gasteiger partial charge < -0.3 is 26.2 Å². The predicted molar refractivity (Wildman–Crippen MR) is 127 cm³/mol. The second-order valence-corrected chi connectivity index (χ2v) is 9.80. The van der Waals surface area contributed by atoms with E-state index in [4.69, 9.17) is 5.73 Å². The van der Waals surface area contributed by atoms with Crippen molar-refractivity contribution in [2.45, 2.75) is 24.5 Å². The number of fused-ring (bicyclic) bond motifs is 3. The predicted octanol–water partition coefficient (Wildman–Crippen LogP) is 1.32. The number of nitrogens with zero attached hydrogens (tertiary/aromatic N) is 2. The van der Waals surface area contributed by atoms with Gasteiger partial charge in [0.05, 0.1) is 17.8 Å². The number of aliphatic hydroxyl groups is 3. The first-order valence-electron chi connectivity index (χ1n) is 11.5. The Morgan fingerprint density at radius 1 is 1.16 bits per heavy atom. The Hall–Kier alpha value is -4.09. The normalized spacial score (nSPS) is 27.2. The number of aromatic hydroxyl groups is 1. The number of aliphatic hydroxyl groups excluding tert-OH is 2. The topological polar surface area (TPSA) is 174 Å². The number of rotatable bonds is 3. The minimum Gasteiger partial charge on any atom is -0.510 e. The fourth-order valence-electron chi connectivity index (χ4n) is 6.10. The molecule has 1 aromatic carbocycles. The molecule has 0 aliphatic heterocycles. The van der Waals surface area contributed by atoms with E-state index in [1.807, 2.05) is 0 Å². The van der Waals surface area contributed by atoms with Crippen LogP contribution in [0.15, 0.2) is 53.3 Å². The monoisotopic (exact) mass is 509 g/mol. The molecule has 2 aromatic rings. The maximum absolute atomic E-state index is 14.6. The van der Waals surface area contributed by atoms with E-state index in [2.05, 4.69) is 4.98 Å². The van der Waals surface area contributed by atoms with Crippen molar-refractivity contribution in [2.24, 2.45) is 17.6 Å². The summed E-state index contributed by atoms with van der Waals surface area (Å²) in [5.41, 5.74) is 2.13. The van der Waals surface area contributed by atoms with Gasteiger partial charge in [0.2, 0.25) is 5.78 Å². The van der Waals surface area contributed by atoms with Crippen molar-refractivity contribution < 1.29 is 39.2 Å². The van der Waals surface area contributed by atoms with Gasteiger partial charge in [0.15, 0.2) is 11.4 Å². The number of halogens is 1. The number of aromatic nitrogens is 1. The lowest BCUT2D eigenvalue weighted by molar-refractivity contribution is -0.148. The van der Waals surface area contributed by atoms with E-state index in [-0.39, 0.29) is 29.5 Å². The standard InChI is InChI=1S/C26H24FN3O7/c1-30(2)20-14-8-10-7-13-11(12-5-6-29-9-15(12)27)3-4-16(31)18(13)21(32)17(10)23(34)26(14,37)24(35)19(22(20)33)25(28)36/h3-6,9-10,14,20,31,33-34,37H,7-8H2,1-2H3,(H2,28,36)/t10-,14-,20-,26-/m0/s1. The maximum atomic E-state index is 14.6. The van der Waals surface area contributed by atoms with Crippen LogP contribution in [0.5, 0.6) is 5.75 Å². The fourth-order valence-corrected chi connectivity index (χ4v) is 6.10. The number of phenols is 1. The molecule has 0 bridgehead atoms. The molecule has 192 valence electrons. The first-order valence-corrected chi connectivity index (χ1v) is 11.5. The molecule has 3 aliphatic rings. The summed E-state index contributed by atoms with van der Waals surface area (Å²) in [5.74, 6) is -7.97. The highest BCUT2D eigenvalue weighted by molar-refractivity contribution is 6.24. The SMILES string of the molecule is CN(C)[C@@H]1C(O)=C(C(N)=O)C(=O)[C@@]2(O)C(O)=C3C(=O)c4c(O)ccc(-c5ccncc5F)c4C[C@H]3C[C@@H]12. The number of carbonyl (C=O) groups is 3. The number of nitrogens with two attached hydrogens (primary N) is 1.